The SMILES string of the molecule is CCCCCCCC(=O)N[C@@H](CCN)C(=O)N[C@H](C(=O)N[C@@H](CCN)C(=O)N[C@H]1CCNC(=O)[C@H]([C@@H](C)O)NC(=O)[C@H](CCN)NC(=O)[C@H](CCN)NC(=O)[C@H](CC(C)C)NC(=O)[C@H](Cc2c[nH]c3ccccc23)NC(=O)[C@H](CCN)NC1=O)[C@@H](C)O. The van der Waals surface area contributed by atoms with Crippen molar-refractivity contribution in [1.29, 1.82) is 0 Å². The molecular formula is C57H97N17O13. The topological polar surface area (TPSA) is 506 Å². The van der Waals surface area contributed by atoms with Crippen molar-refractivity contribution in [2.75, 3.05) is 39.3 Å². The molecule has 1 aliphatic heterocycles. The number of carbonyl (C=O) groups excluding carboxylic acids is 11. The molecule has 2 aromatic rings. The summed E-state index contributed by atoms with van der Waals surface area (Å²) in [4.78, 5) is 158. The summed E-state index contributed by atoms with van der Waals surface area (Å²) >= 11 is 0. The Balaban J connectivity index is 2.11. The number of H-pyrrole nitrogens is 1. The Labute approximate surface area is 507 Å². The van der Waals surface area contributed by atoms with Crippen LogP contribution in [0.2, 0.25) is 0 Å². The summed E-state index contributed by atoms with van der Waals surface area (Å²) in [6.07, 6.45) is 1.57. The second kappa shape index (κ2) is 38.7. The van der Waals surface area contributed by atoms with Crippen LogP contribution in [0.3, 0.4) is 0 Å². The highest BCUT2D eigenvalue weighted by atomic mass is 16.3. The number of aromatic nitrogens is 1. The van der Waals surface area contributed by atoms with Gasteiger partial charge >= 0.3 is 0 Å². The molecule has 1 aromatic heterocycles. The monoisotopic (exact) mass is 1230 g/mol. The number of rotatable bonds is 29. The number of hydrogen-bond donors (Lipinski definition) is 19. The Hall–Kier alpha value is -7.35. The molecule has 0 unspecified atom stereocenters. The highest BCUT2D eigenvalue weighted by molar-refractivity contribution is 5.99. The predicted octanol–water partition coefficient (Wildman–Crippen LogP) is -5.01. The molecule has 1 aliphatic rings. The number of aliphatic hydroxyl groups excluding tert-OH is 2. The molecule has 87 heavy (non-hydrogen) atoms. The van der Waals surface area contributed by atoms with Crippen LogP contribution in [0.5, 0.6) is 0 Å². The summed E-state index contributed by atoms with van der Waals surface area (Å²) in [5.41, 5.74) is 30.7. The zero-order valence-electron chi connectivity index (χ0n) is 50.8. The van der Waals surface area contributed by atoms with Gasteiger partial charge in [0.15, 0.2) is 0 Å². The second-order valence-corrected chi connectivity index (χ2v) is 22.3. The molecular weight excluding hydrogens is 1130 g/mol. The zero-order valence-corrected chi connectivity index (χ0v) is 50.8. The Morgan fingerprint density at radius 1 is 0.586 bits per heavy atom. The van der Waals surface area contributed by atoms with Crippen LogP contribution in [0.1, 0.15) is 124 Å². The Morgan fingerprint density at radius 3 is 1.66 bits per heavy atom. The van der Waals surface area contributed by atoms with E-state index in [-0.39, 0.29) is 90.0 Å². The first kappa shape index (κ1) is 73.9. The molecule has 0 radical (unpaired) electrons. The van der Waals surface area contributed by atoms with E-state index >= 15 is 0 Å². The number of amides is 11. The molecule has 2 heterocycles. The average Bonchev–Trinajstić information content (AvgIpc) is 2.48. The van der Waals surface area contributed by atoms with E-state index in [1.54, 1.807) is 44.3 Å². The number of nitrogens with one attached hydrogen (secondary N) is 12. The fraction of sp³-hybridized carbons (Fsp3) is 0.667. The van der Waals surface area contributed by atoms with E-state index in [0.29, 0.717) is 22.9 Å². The van der Waals surface area contributed by atoms with Crippen molar-refractivity contribution in [1.82, 2.24) is 63.5 Å². The lowest BCUT2D eigenvalue weighted by atomic mass is 10.00. The van der Waals surface area contributed by atoms with Crippen LogP contribution in [0.25, 0.3) is 10.9 Å². The van der Waals surface area contributed by atoms with Crippen LogP contribution in [0, 0.1) is 5.92 Å². The van der Waals surface area contributed by atoms with Gasteiger partial charge in [0.05, 0.1) is 12.2 Å². The lowest BCUT2D eigenvalue weighted by Gasteiger charge is -2.29. The summed E-state index contributed by atoms with van der Waals surface area (Å²) in [6.45, 7) is 6.85. The quantitative estimate of drug-likeness (QED) is 0.0339. The lowest BCUT2D eigenvalue weighted by molar-refractivity contribution is -0.137. The molecule has 1 aromatic carbocycles. The fourth-order valence-corrected chi connectivity index (χ4v) is 9.70. The molecule has 30 heteroatoms. The van der Waals surface area contributed by atoms with Crippen molar-refractivity contribution in [3.63, 3.8) is 0 Å². The molecule has 11 amide bonds. The minimum Gasteiger partial charge on any atom is -0.391 e. The van der Waals surface area contributed by atoms with Crippen LogP contribution in [-0.2, 0) is 59.2 Å². The molecule has 488 valence electrons. The maximum absolute atomic E-state index is 14.7. The Kier molecular flexibility index (Phi) is 32.9. The van der Waals surface area contributed by atoms with E-state index in [0.717, 1.165) is 25.7 Å². The van der Waals surface area contributed by atoms with Crippen LogP contribution in [0.15, 0.2) is 30.5 Å². The normalized spacial score (nSPS) is 22.4. The predicted molar refractivity (Wildman–Crippen MR) is 323 cm³/mol. The summed E-state index contributed by atoms with van der Waals surface area (Å²) in [6, 6.07) is -7.74. The molecule has 30 nitrogen and oxygen atoms in total. The third-order valence-corrected chi connectivity index (χ3v) is 14.5. The Morgan fingerprint density at radius 2 is 1.10 bits per heavy atom. The van der Waals surface area contributed by atoms with Gasteiger partial charge in [-0.3, -0.25) is 52.7 Å². The van der Waals surface area contributed by atoms with Gasteiger partial charge in [0.1, 0.15) is 60.4 Å². The molecule has 0 bridgehead atoms. The van der Waals surface area contributed by atoms with Gasteiger partial charge < -0.3 is 102 Å². The first-order valence-electron chi connectivity index (χ1n) is 30.1. The van der Waals surface area contributed by atoms with E-state index in [2.05, 4.69) is 70.4 Å². The minimum atomic E-state index is -1.70. The largest absolute Gasteiger partial charge is 0.391 e. The standard InChI is InChI=1S/C57H97N17O13/c1-6-7-8-9-10-15-45(77)65-37(16-22-58)52(82)74-47(33(5)76)57(87)70-40(19-25-61)49(79)69-42-21-27-63-56(86)46(32(4)75)73-53(83)41(20-26-62)67-48(78)38(17-23-59)68-54(84)43(28-31(2)3)71-55(85)44(72-50(80)39(18-24-60)66-51(42)81)29-34-30-64-36-14-12-11-13-35(34)36/h11-14,30-33,37-44,46-47,64,75-76H,6-10,15-29,58-62H2,1-5H3,(H,63,86)(H,65,77)(H,66,81)(H,67,78)(H,68,84)(H,69,79)(H,70,87)(H,71,85)(H,72,80)(H,73,83)(H,74,82)/t32-,33-,37+,38+,39+,40+,41+,42+,43+,44+,46+,47+/m1/s1. The molecule has 24 N–H and O–H groups in total. The van der Waals surface area contributed by atoms with Crippen molar-refractivity contribution in [3.05, 3.63) is 36.0 Å². The number of nitrogens with two attached hydrogens (primary N) is 5. The lowest BCUT2D eigenvalue weighted by Crippen LogP contribution is -2.62. The zero-order chi connectivity index (χ0) is 64.8. The van der Waals surface area contributed by atoms with Crippen molar-refractivity contribution in [2.24, 2.45) is 34.6 Å². The van der Waals surface area contributed by atoms with Crippen LogP contribution in [-0.4, -0.2) is 192 Å². The van der Waals surface area contributed by atoms with Gasteiger partial charge in [-0.15, -0.1) is 0 Å². The van der Waals surface area contributed by atoms with Gasteiger partial charge in [0.25, 0.3) is 0 Å². The van der Waals surface area contributed by atoms with Gasteiger partial charge in [0.2, 0.25) is 65.0 Å². The number of hydrogen-bond acceptors (Lipinski definition) is 18. The fourth-order valence-electron chi connectivity index (χ4n) is 9.70. The van der Waals surface area contributed by atoms with Crippen LogP contribution < -0.4 is 87.2 Å². The third kappa shape index (κ3) is 24.7. The number of aliphatic hydroxyl groups is 2. The number of benzene rings is 1. The molecule has 0 saturated carbocycles. The summed E-state index contributed by atoms with van der Waals surface area (Å²) in [7, 11) is 0. The molecule has 0 spiro atoms. The number of para-hydroxylation sites is 1. The Bertz CT molecular complexity index is 2580. The average molecular weight is 1230 g/mol. The second-order valence-electron chi connectivity index (χ2n) is 22.3. The van der Waals surface area contributed by atoms with Crippen LogP contribution >= 0.6 is 0 Å². The van der Waals surface area contributed by atoms with Crippen molar-refractivity contribution >= 4 is 75.9 Å². The van der Waals surface area contributed by atoms with Gasteiger partial charge in [-0.2, -0.15) is 0 Å². The summed E-state index contributed by atoms with van der Waals surface area (Å²) in [5, 5.41) is 50.5. The van der Waals surface area contributed by atoms with E-state index in [9.17, 15) is 63.0 Å². The highest BCUT2D eigenvalue weighted by Crippen LogP contribution is 2.20. The van der Waals surface area contributed by atoms with Crippen LogP contribution in [0.4, 0.5) is 0 Å². The molecule has 3 rings (SSSR count). The van der Waals surface area contributed by atoms with E-state index < -0.39 is 151 Å². The van der Waals surface area contributed by atoms with Crippen molar-refractivity contribution in [2.45, 2.75) is 197 Å². The van der Waals surface area contributed by atoms with E-state index in [1.165, 1.54) is 13.8 Å². The number of aromatic amines is 1. The first-order chi connectivity index (χ1) is 41.4. The van der Waals surface area contributed by atoms with Gasteiger partial charge in [-0.05, 0) is 115 Å². The molecule has 1 fully saturated rings. The first-order valence-corrected chi connectivity index (χ1v) is 30.1. The van der Waals surface area contributed by atoms with Crippen molar-refractivity contribution in [3.8, 4) is 0 Å². The maximum atomic E-state index is 14.7. The van der Waals surface area contributed by atoms with Gasteiger partial charge in [-0.1, -0.05) is 64.7 Å². The van der Waals surface area contributed by atoms with Gasteiger partial charge in [0, 0.05) is 36.5 Å². The molecule has 1 saturated heterocycles. The summed E-state index contributed by atoms with van der Waals surface area (Å²) < 4.78 is 0. The number of fused-ring (bicyclic) bond motifs is 1. The van der Waals surface area contributed by atoms with E-state index in [1.807, 2.05) is 0 Å². The molecule has 0 aliphatic carbocycles. The maximum Gasteiger partial charge on any atom is 0.245 e. The minimum absolute atomic E-state index is 0.0170. The van der Waals surface area contributed by atoms with Gasteiger partial charge in [-0.25, -0.2) is 0 Å². The third-order valence-electron chi connectivity index (χ3n) is 14.5. The molecule has 12 atom stereocenters. The van der Waals surface area contributed by atoms with E-state index in [4.69, 9.17) is 28.7 Å². The number of carbonyl (C=O) groups is 11. The number of unbranched alkanes of at least 4 members (excludes halogenated alkanes) is 4. The summed E-state index contributed by atoms with van der Waals surface area (Å²) in [5.74, 6) is -10.0. The highest BCUT2D eigenvalue weighted by Gasteiger charge is 2.38. The smallest absolute Gasteiger partial charge is 0.245 e. The van der Waals surface area contributed by atoms with Crippen molar-refractivity contribution < 1.29 is 63.0 Å².